The van der Waals surface area contributed by atoms with Crippen LogP contribution in [0, 0.1) is 5.92 Å². The van der Waals surface area contributed by atoms with Crippen molar-refractivity contribution >= 4 is 41.3 Å². The van der Waals surface area contributed by atoms with E-state index in [9.17, 15) is 19.2 Å². The van der Waals surface area contributed by atoms with Gasteiger partial charge in [-0.3, -0.25) is 19.3 Å². The fraction of sp³-hybridized carbons (Fsp3) is 0.444. The van der Waals surface area contributed by atoms with Crippen LogP contribution in [0.4, 0.5) is 10.5 Å². The van der Waals surface area contributed by atoms with E-state index in [4.69, 9.17) is 4.74 Å². The second-order valence-corrected chi connectivity index (χ2v) is 7.56. The van der Waals surface area contributed by atoms with Gasteiger partial charge in [-0.1, -0.05) is 12.1 Å². The Hall–Kier alpha value is -2.55. The maximum absolute atomic E-state index is 12.5. The molecule has 144 valence electrons. The molecule has 2 N–H and O–H groups in total. The molecule has 1 saturated heterocycles. The van der Waals surface area contributed by atoms with Crippen molar-refractivity contribution in [3.8, 4) is 0 Å². The second kappa shape index (κ2) is 7.59. The van der Waals surface area contributed by atoms with Crippen molar-refractivity contribution in [2.75, 3.05) is 24.7 Å². The molecule has 1 aliphatic carbocycles. The zero-order valence-corrected chi connectivity index (χ0v) is 15.9. The molecular weight excluding hydrogens is 370 g/mol. The van der Waals surface area contributed by atoms with Gasteiger partial charge in [-0.2, -0.15) is 0 Å². The van der Waals surface area contributed by atoms with E-state index in [1.807, 2.05) is 18.4 Å². The van der Waals surface area contributed by atoms with E-state index in [-0.39, 0.29) is 5.92 Å². The summed E-state index contributed by atoms with van der Waals surface area (Å²) < 4.78 is 4.92. The first kappa shape index (κ1) is 19.2. The van der Waals surface area contributed by atoms with Crippen molar-refractivity contribution in [3.63, 3.8) is 0 Å². The highest BCUT2D eigenvalue weighted by atomic mass is 32.2. The van der Waals surface area contributed by atoms with Gasteiger partial charge in [0.15, 0.2) is 6.61 Å². The summed E-state index contributed by atoms with van der Waals surface area (Å²) >= 11 is 1.48. The number of para-hydroxylation sites is 1. The third kappa shape index (κ3) is 4.08. The summed E-state index contributed by atoms with van der Waals surface area (Å²) in [4.78, 5) is 50.2. The minimum absolute atomic E-state index is 0.109. The van der Waals surface area contributed by atoms with E-state index in [0.29, 0.717) is 5.69 Å². The third-order valence-corrected chi connectivity index (χ3v) is 5.52. The molecule has 2 fully saturated rings. The number of benzene rings is 1. The number of urea groups is 1. The Balaban J connectivity index is 1.50. The second-order valence-electron chi connectivity index (χ2n) is 6.71. The van der Waals surface area contributed by atoms with Gasteiger partial charge in [-0.15, -0.1) is 11.8 Å². The minimum atomic E-state index is -0.948. The number of esters is 1. The van der Waals surface area contributed by atoms with Gasteiger partial charge in [0.25, 0.3) is 11.8 Å². The number of anilines is 1. The van der Waals surface area contributed by atoms with Gasteiger partial charge >= 0.3 is 12.0 Å². The van der Waals surface area contributed by atoms with Crippen LogP contribution < -0.4 is 10.6 Å². The van der Waals surface area contributed by atoms with Gasteiger partial charge in [0.1, 0.15) is 12.1 Å². The van der Waals surface area contributed by atoms with E-state index in [0.717, 1.165) is 22.6 Å². The SMILES string of the molecule is CSc1ccccc1NC(=O)COC(=O)CN1C(=O)N[C@@](C)(C2CC2)C1=O. The molecule has 4 amide bonds. The summed E-state index contributed by atoms with van der Waals surface area (Å²) in [5.41, 5.74) is -0.323. The highest BCUT2D eigenvalue weighted by molar-refractivity contribution is 7.98. The van der Waals surface area contributed by atoms with Crippen LogP contribution in [0.2, 0.25) is 0 Å². The molecule has 1 atom stereocenters. The average molecular weight is 391 g/mol. The van der Waals surface area contributed by atoms with Crippen molar-refractivity contribution in [2.45, 2.75) is 30.2 Å². The van der Waals surface area contributed by atoms with E-state index < -0.39 is 42.5 Å². The van der Waals surface area contributed by atoms with Crippen LogP contribution in [-0.2, 0) is 19.1 Å². The monoisotopic (exact) mass is 391 g/mol. The highest BCUT2D eigenvalue weighted by Crippen LogP contribution is 2.42. The molecular formula is C18H21N3O5S. The molecule has 0 radical (unpaired) electrons. The maximum atomic E-state index is 12.5. The van der Waals surface area contributed by atoms with Gasteiger partial charge in [-0.25, -0.2) is 4.79 Å². The smallest absolute Gasteiger partial charge is 0.326 e. The largest absolute Gasteiger partial charge is 0.454 e. The molecule has 9 heteroatoms. The van der Waals surface area contributed by atoms with E-state index >= 15 is 0 Å². The van der Waals surface area contributed by atoms with Crippen LogP contribution >= 0.6 is 11.8 Å². The fourth-order valence-corrected chi connectivity index (χ4v) is 3.61. The molecule has 0 bridgehead atoms. The Bertz CT molecular complexity index is 795. The molecule has 0 aromatic heterocycles. The summed E-state index contributed by atoms with van der Waals surface area (Å²) in [6.07, 6.45) is 3.63. The van der Waals surface area contributed by atoms with Crippen LogP contribution in [0.5, 0.6) is 0 Å². The molecule has 0 spiro atoms. The van der Waals surface area contributed by atoms with Crippen molar-refractivity contribution in [1.29, 1.82) is 0 Å². The van der Waals surface area contributed by atoms with Gasteiger partial charge in [0, 0.05) is 4.90 Å². The number of amides is 4. The first-order chi connectivity index (χ1) is 12.8. The van der Waals surface area contributed by atoms with Crippen molar-refractivity contribution < 1.29 is 23.9 Å². The normalized spacial score (nSPS) is 21.8. The molecule has 1 aromatic rings. The summed E-state index contributed by atoms with van der Waals surface area (Å²) in [6, 6.07) is 6.65. The molecule has 1 saturated carbocycles. The van der Waals surface area contributed by atoms with Crippen LogP contribution in [0.3, 0.4) is 0 Å². The number of ether oxygens (including phenoxy) is 1. The number of nitrogens with zero attached hydrogens (tertiary/aromatic N) is 1. The topological polar surface area (TPSA) is 105 Å². The summed E-state index contributed by atoms with van der Waals surface area (Å²) in [5.74, 6) is -1.63. The first-order valence-electron chi connectivity index (χ1n) is 8.57. The molecule has 3 rings (SSSR count). The number of carbonyl (C=O) groups is 4. The van der Waals surface area contributed by atoms with Crippen LogP contribution in [-0.4, -0.2) is 53.7 Å². The predicted octanol–water partition coefficient (Wildman–Crippen LogP) is 1.61. The molecule has 1 heterocycles. The molecule has 1 aliphatic heterocycles. The van der Waals surface area contributed by atoms with Gasteiger partial charge in [0.2, 0.25) is 0 Å². The Morgan fingerprint density at radius 2 is 2.04 bits per heavy atom. The first-order valence-corrected chi connectivity index (χ1v) is 9.80. The zero-order chi connectivity index (χ0) is 19.6. The number of rotatable bonds is 7. The Morgan fingerprint density at radius 1 is 1.33 bits per heavy atom. The number of imide groups is 1. The van der Waals surface area contributed by atoms with Gasteiger partial charge in [0.05, 0.1) is 5.69 Å². The Morgan fingerprint density at radius 3 is 2.70 bits per heavy atom. The Labute approximate surface area is 161 Å². The lowest BCUT2D eigenvalue weighted by Gasteiger charge is -2.20. The fourth-order valence-electron chi connectivity index (χ4n) is 3.05. The molecule has 1 aromatic carbocycles. The Kier molecular flexibility index (Phi) is 5.41. The van der Waals surface area contributed by atoms with E-state index in [1.54, 1.807) is 19.1 Å². The molecule has 0 unspecified atom stereocenters. The van der Waals surface area contributed by atoms with E-state index in [2.05, 4.69) is 10.6 Å². The van der Waals surface area contributed by atoms with Crippen molar-refractivity contribution in [1.82, 2.24) is 10.2 Å². The van der Waals surface area contributed by atoms with Crippen LogP contribution in [0.15, 0.2) is 29.2 Å². The minimum Gasteiger partial charge on any atom is -0.454 e. The predicted molar refractivity (Wildman–Crippen MR) is 99.2 cm³/mol. The average Bonchev–Trinajstić information content (AvgIpc) is 3.47. The van der Waals surface area contributed by atoms with E-state index in [1.165, 1.54) is 11.8 Å². The quantitative estimate of drug-likeness (QED) is 0.416. The molecule has 2 aliphatic rings. The molecule has 8 nitrogen and oxygen atoms in total. The highest BCUT2D eigenvalue weighted by Gasteiger charge is 2.56. The number of nitrogens with one attached hydrogen (secondary N) is 2. The summed E-state index contributed by atoms with van der Waals surface area (Å²) in [7, 11) is 0. The number of carbonyl (C=O) groups excluding carboxylic acids is 4. The lowest BCUT2D eigenvalue weighted by Crippen LogP contribution is -2.46. The van der Waals surface area contributed by atoms with Gasteiger partial charge < -0.3 is 15.4 Å². The van der Waals surface area contributed by atoms with Gasteiger partial charge in [-0.05, 0) is 44.1 Å². The lowest BCUT2D eigenvalue weighted by atomic mass is 9.96. The number of hydrogen-bond acceptors (Lipinski definition) is 6. The standard InChI is InChI=1S/C18H21N3O5S/c1-18(11-7-8-11)16(24)21(17(25)20-18)9-15(23)26-10-14(22)19-12-5-3-4-6-13(12)27-2/h3-6,11H,7-10H2,1-2H3,(H,19,22)(H,20,25)/t18-/m0/s1. The van der Waals surface area contributed by atoms with Crippen molar-refractivity contribution in [2.24, 2.45) is 5.92 Å². The zero-order valence-electron chi connectivity index (χ0n) is 15.1. The van der Waals surface area contributed by atoms with Crippen LogP contribution in [0.1, 0.15) is 19.8 Å². The molecule has 27 heavy (non-hydrogen) atoms. The number of thioether (sulfide) groups is 1. The van der Waals surface area contributed by atoms with Crippen LogP contribution in [0.25, 0.3) is 0 Å². The summed E-state index contributed by atoms with van der Waals surface area (Å²) in [6.45, 7) is 0.666. The lowest BCUT2D eigenvalue weighted by molar-refractivity contribution is -0.150. The number of hydrogen-bond donors (Lipinski definition) is 2. The third-order valence-electron chi connectivity index (χ3n) is 4.73. The maximum Gasteiger partial charge on any atom is 0.326 e. The summed E-state index contributed by atoms with van der Waals surface area (Å²) in [5, 5.41) is 5.32. The van der Waals surface area contributed by atoms with Crippen molar-refractivity contribution in [3.05, 3.63) is 24.3 Å².